The number of nitrogens with one attached hydrogen (secondary N) is 1. The van der Waals surface area contributed by atoms with Gasteiger partial charge in [0.1, 0.15) is 5.65 Å². The lowest BCUT2D eigenvalue weighted by Gasteiger charge is -2.13. The van der Waals surface area contributed by atoms with Crippen molar-refractivity contribution >= 4 is 17.0 Å². The zero-order valence-electron chi connectivity index (χ0n) is 15.5. The predicted octanol–water partition coefficient (Wildman–Crippen LogP) is 2.20. The Labute approximate surface area is 155 Å². The first-order valence-corrected chi connectivity index (χ1v) is 8.76. The molecule has 2 aromatic heterocycles. The molecule has 27 heavy (non-hydrogen) atoms. The third-order valence-electron chi connectivity index (χ3n) is 4.19. The SMILES string of the molecule is Cc1nc2c(cc1C(=O)OC(C)C)c(=O)[nH]c(=O)n2CCc1ccccc1. The lowest BCUT2D eigenvalue weighted by Crippen LogP contribution is -2.32. The van der Waals surface area contributed by atoms with Gasteiger partial charge in [-0.2, -0.15) is 0 Å². The maximum absolute atomic E-state index is 12.3. The predicted molar refractivity (Wildman–Crippen MR) is 102 cm³/mol. The first-order chi connectivity index (χ1) is 12.9. The van der Waals surface area contributed by atoms with Crippen LogP contribution in [0.4, 0.5) is 0 Å². The summed E-state index contributed by atoms with van der Waals surface area (Å²) < 4.78 is 6.63. The maximum Gasteiger partial charge on any atom is 0.340 e. The fraction of sp³-hybridized carbons (Fsp3) is 0.300. The number of benzene rings is 1. The van der Waals surface area contributed by atoms with E-state index < -0.39 is 17.2 Å². The van der Waals surface area contributed by atoms with Gasteiger partial charge in [0.15, 0.2) is 0 Å². The second-order valence-electron chi connectivity index (χ2n) is 6.59. The van der Waals surface area contributed by atoms with Crippen LogP contribution in [-0.4, -0.2) is 26.6 Å². The molecule has 1 N–H and O–H groups in total. The van der Waals surface area contributed by atoms with Crippen molar-refractivity contribution in [1.29, 1.82) is 0 Å². The van der Waals surface area contributed by atoms with E-state index in [4.69, 9.17) is 4.74 Å². The lowest BCUT2D eigenvalue weighted by molar-refractivity contribution is 0.0376. The molecule has 0 radical (unpaired) electrons. The van der Waals surface area contributed by atoms with E-state index in [2.05, 4.69) is 9.97 Å². The minimum Gasteiger partial charge on any atom is -0.459 e. The highest BCUT2D eigenvalue weighted by atomic mass is 16.5. The van der Waals surface area contributed by atoms with Crippen LogP contribution in [0.15, 0.2) is 46.0 Å². The average Bonchev–Trinajstić information content (AvgIpc) is 2.61. The monoisotopic (exact) mass is 367 g/mol. The third-order valence-corrected chi connectivity index (χ3v) is 4.19. The number of hydrogen-bond acceptors (Lipinski definition) is 5. The summed E-state index contributed by atoms with van der Waals surface area (Å²) in [6, 6.07) is 11.2. The van der Waals surface area contributed by atoms with Gasteiger partial charge in [-0.15, -0.1) is 0 Å². The summed E-state index contributed by atoms with van der Waals surface area (Å²) in [4.78, 5) is 43.5. The molecule has 0 aliphatic heterocycles. The van der Waals surface area contributed by atoms with Crippen LogP contribution >= 0.6 is 0 Å². The summed E-state index contributed by atoms with van der Waals surface area (Å²) in [5.41, 5.74) is 0.863. The van der Waals surface area contributed by atoms with Gasteiger partial charge in [0.2, 0.25) is 0 Å². The standard InChI is InChI=1S/C20H21N3O4/c1-12(2)27-19(25)15-11-16-17(21-13(15)3)23(20(26)22-18(16)24)10-9-14-7-5-4-6-8-14/h4-8,11-12H,9-10H2,1-3H3,(H,22,24,26). The molecule has 0 unspecified atom stereocenters. The highest BCUT2D eigenvalue weighted by molar-refractivity contribution is 5.94. The van der Waals surface area contributed by atoms with Gasteiger partial charge in [-0.05, 0) is 38.8 Å². The van der Waals surface area contributed by atoms with Crippen molar-refractivity contribution in [1.82, 2.24) is 14.5 Å². The number of fused-ring (bicyclic) bond motifs is 1. The Bertz CT molecular complexity index is 1100. The van der Waals surface area contributed by atoms with Gasteiger partial charge < -0.3 is 4.74 Å². The number of pyridine rings is 1. The van der Waals surface area contributed by atoms with Crippen LogP contribution in [-0.2, 0) is 17.7 Å². The van der Waals surface area contributed by atoms with Gasteiger partial charge in [0, 0.05) is 6.54 Å². The number of rotatable bonds is 5. The summed E-state index contributed by atoms with van der Waals surface area (Å²) in [6.45, 7) is 5.51. The molecular weight excluding hydrogens is 346 g/mol. The Morgan fingerprint density at radius 3 is 2.59 bits per heavy atom. The van der Waals surface area contributed by atoms with Crippen molar-refractivity contribution in [3.63, 3.8) is 0 Å². The molecular formula is C20H21N3O4. The number of carbonyl (C=O) groups is 1. The molecule has 7 nitrogen and oxygen atoms in total. The molecule has 0 aliphatic rings. The van der Waals surface area contributed by atoms with Gasteiger partial charge in [0.05, 0.1) is 22.7 Å². The lowest BCUT2D eigenvalue weighted by atomic mass is 10.1. The molecule has 3 rings (SSSR count). The van der Waals surface area contributed by atoms with Gasteiger partial charge in [-0.25, -0.2) is 14.6 Å². The molecule has 0 amide bonds. The Balaban J connectivity index is 2.07. The Morgan fingerprint density at radius 1 is 1.22 bits per heavy atom. The molecule has 2 heterocycles. The zero-order chi connectivity index (χ0) is 19.6. The van der Waals surface area contributed by atoms with Crippen molar-refractivity contribution in [3.8, 4) is 0 Å². The quantitative estimate of drug-likeness (QED) is 0.698. The number of nitrogens with zero attached hydrogens (tertiary/aromatic N) is 2. The molecule has 0 saturated carbocycles. The van der Waals surface area contributed by atoms with Gasteiger partial charge in [0.25, 0.3) is 5.56 Å². The molecule has 0 aliphatic carbocycles. The molecule has 0 saturated heterocycles. The Morgan fingerprint density at radius 2 is 1.93 bits per heavy atom. The van der Waals surface area contributed by atoms with E-state index in [1.165, 1.54) is 10.6 Å². The number of aromatic amines is 1. The number of aromatic nitrogens is 3. The summed E-state index contributed by atoms with van der Waals surface area (Å²) >= 11 is 0. The molecule has 0 bridgehead atoms. The van der Waals surface area contributed by atoms with E-state index in [9.17, 15) is 14.4 Å². The van der Waals surface area contributed by atoms with Crippen molar-refractivity contribution in [2.24, 2.45) is 0 Å². The topological polar surface area (TPSA) is 94.1 Å². The molecule has 7 heteroatoms. The van der Waals surface area contributed by atoms with Crippen LogP contribution in [0.25, 0.3) is 11.0 Å². The minimum absolute atomic E-state index is 0.184. The van der Waals surface area contributed by atoms with Crippen molar-refractivity contribution in [3.05, 3.63) is 74.1 Å². The van der Waals surface area contributed by atoms with Gasteiger partial charge in [-0.1, -0.05) is 30.3 Å². The first kappa shape index (κ1) is 18.6. The third kappa shape index (κ3) is 3.97. The number of H-pyrrole nitrogens is 1. The summed E-state index contributed by atoms with van der Waals surface area (Å²) in [7, 11) is 0. The molecule has 3 aromatic rings. The maximum atomic E-state index is 12.3. The molecule has 0 atom stereocenters. The second-order valence-corrected chi connectivity index (χ2v) is 6.59. The van der Waals surface area contributed by atoms with Crippen LogP contribution in [0.1, 0.15) is 35.5 Å². The minimum atomic E-state index is -0.572. The summed E-state index contributed by atoms with van der Waals surface area (Å²) in [5, 5.41) is 0.184. The van der Waals surface area contributed by atoms with E-state index in [-0.39, 0.29) is 22.7 Å². The van der Waals surface area contributed by atoms with Crippen LogP contribution in [0, 0.1) is 6.92 Å². The highest BCUT2D eigenvalue weighted by Crippen LogP contribution is 2.15. The van der Waals surface area contributed by atoms with Crippen molar-refractivity contribution in [2.45, 2.75) is 39.8 Å². The van der Waals surface area contributed by atoms with Crippen LogP contribution < -0.4 is 11.2 Å². The van der Waals surface area contributed by atoms with Crippen LogP contribution in [0.5, 0.6) is 0 Å². The fourth-order valence-electron chi connectivity index (χ4n) is 2.87. The number of aryl methyl sites for hydroxylation is 3. The summed E-state index contributed by atoms with van der Waals surface area (Å²) in [6.07, 6.45) is 0.324. The van der Waals surface area contributed by atoms with Gasteiger partial charge in [-0.3, -0.25) is 14.3 Å². The first-order valence-electron chi connectivity index (χ1n) is 8.76. The van der Waals surface area contributed by atoms with Crippen molar-refractivity contribution < 1.29 is 9.53 Å². The smallest absolute Gasteiger partial charge is 0.340 e. The van der Waals surface area contributed by atoms with E-state index >= 15 is 0 Å². The Hall–Kier alpha value is -3.22. The molecule has 0 spiro atoms. The van der Waals surface area contributed by atoms with E-state index in [0.717, 1.165) is 5.56 Å². The van der Waals surface area contributed by atoms with Crippen molar-refractivity contribution in [2.75, 3.05) is 0 Å². The zero-order valence-corrected chi connectivity index (χ0v) is 15.5. The normalized spacial score (nSPS) is 11.1. The second kappa shape index (κ2) is 7.57. The average molecular weight is 367 g/mol. The molecule has 140 valence electrons. The van der Waals surface area contributed by atoms with E-state index in [1.54, 1.807) is 20.8 Å². The molecule has 1 aromatic carbocycles. The number of esters is 1. The molecule has 0 fully saturated rings. The number of carbonyl (C=O) groups excluding carboxylic acids is 1. The highest BCUT2D eigenvalue weighted by Gasteiger charge is 2.18. The summed E-state index contributed by atoms with van der Waals surface area (Å²) in [5.74, 6) is -0.543. The van der Waals surface area contributed by atoms with E-state index in [0.29, 0.717) is 18.7 Å². The van der Waals surface area contributed by atoms with Crippen LogP contribution in [0.2, 0.25) is 0 Å². The van der Waals surface area contributed by atoms with Gasteiger partial charge >= 0.3 is 11.7 Å². The Kier molecular flexibility index (Phi) is 5.21. The fourth-order valence-corrected chi connectivity index (χ4v) is 2.87. The number of hydrogen-bond donors (Lipinski definition) is 1. The van der Waals surface area contributed by atoms with Crippen LogP contribution in [0.3, 0.4) is 0 Å². The largest absolute Gasteiger partial charge is 0.459 e. The van der Waals surface area contributed by atoms with E-state index in [1.807, 2.05) is 30.3 Å². The number of ether oxygens (including phenoxy) is 1.